The highest BCUT2D eigenvalue weighted by Gasteiger charge is 2.27. The van der Waals surface area contributed by atoms with Crippen molar-refractivity contribution in [1.82, 2.24) is 5.32 Å². The van der Waals surface area contributed by atoms with Crippen molar-refractivity contribution in [3.05, 3.63) is 59.7 Å². The molecule has 19 heavy (non-hydrogen) atoms. The number of halogens is 1. The van der Waals surface area contributed by atoms with Gasteiger partial charge in [-0.2, -0.15) is 0 Å². The highest BCUT2D eigenvalue weighted by Crippen LogP contribution is 2.42. The molecular formula is C15H13BrNO2-. The van der Waals surface area contributed by atoms with E-state index >= 15 is 0 Å². The largest absolute Gasteiger partial charge is 0.530 e. The van der Waals surface area contributed by atoms with E-state index in [1.807, 2.05) is 54.4 Å². The van der Waals surface area contributed by atoms with E-state index in [0.29, 0.717) is 0 Å². The third kappa shape index (κ3) is 2.49. The van der Waals surface area contributed by atoms with E-state index in [9.17, 15) is 9.90 Å². The van der Waals surface area contributed by atoms with Gasteiger partial charge < -0.3 is 15.2 Å². The van der Waals surface area contributed by atoms with E-state index in [1.165, 1.54) is 0 Å². The Morgan fingerprint density at radius 3 is 1.84 bits per heavy atom. The van der Waals surface area contributed by atoms with Crippen molar-refractivity contribution in [2.45, 2.75) is 6.04 Å². The molecule has 0 radical (unpaired) electrons. The molecular weight excluding hydrogens is 306 g/mol. The lowest BCUT2D eigenvalue weighted by Crippen LogP contribution is -2.38. The second kappa shape index (κ2) is 5.89. The lowest BCUT2D eigenvalue weighted by molar-refractivity contribution is -0.251. The van der Waals surface area contributed by atoms with Crippen molar-refractivity contribution in [1.29, 1.82) is 0 Å². The van der Waals surface area contributed by atoms with Crippen LogP contribution in [0.2, 0.25) is 0 Å². The minimum atomic E-state index is -1.25. The summed E-state index contributed by atoms with van der Waals surface area (Å²) in [7, 11) is 0. The molecule has 0 atom stereocenters. The Balaban J connectivity index is 0.000000637. The standard InChI is InChI=1S/C14H11NO2.CH3Br/c16-14(17)15-13-11-7-3-1-5-9(11)10-6-2-4-8-12(10)13;1-2/h1-8,13,15H,(H,16,17);1H3/p-1. The highest BCUT2D eigenvalue weighted by atomic mass is 79.9. The number of fused-ring (bicyclic) bond motifs is 3. The Morgan fingerprint density at radius 1 is 1.00 bits per heavy atom. The molecule has 4 heteroatoms. The van der Waals surface area contributed by atoms with Gasteiger partial charge in [-0.15, -0.1) is 0 Å². The van der Waals surface area contributed by atoms with Crippen LogP contribution in [0.4, 0.5) is 4.79 Å². The zero-order valence-electron chi connectivity index (χ0n) is 10.4. The maximum absolute atomic E-state index is 10.8. The number of benzene rings is 2. The molecule has 0 saturated heterocycles. The van der Waals surface area contributed by atoms with Crippen molar-refractivity contribution in [2.24, 2.45) is 0 Å². The Bertz CT molecular complexity index is 553. The number of carbonyl (C=O) groups is 1. The molecule has 0 saturated carbocycles. The lowest BCUT2D eigenvalue weighted by atomic mass is 10.1. The molecule has 2 aromatic rings. The van der Waals surface area contributed by atoms with Gasteiger partial charge >= 0.3 is 0 Å². The van der Waals surface area contributed by atoms with Crippen LogP contribution in [0.25, 0.3) is 11.1 Å². The van der Waals surface area contributed by atoms with Gasteiger partial charge in [-0.1, -0.05) is 64.5 Å². The van der Waals surface area contributed by atoms with Crippen LogP contribution in [-0.4, -0.2) is 11.9 Å². The van der Waals surface area contributed by atoms with Gasteiger partial charge in [0.15, 0.2) is 0 Å². The third-order valence-corrected chi connectivity index (χ3v) is 3.10. The summed E-state index contributed by atoms with van der Waals surface area (Å²) < 4.78 is 0. The molecule has 0 bridgehead atoms. The van der Waals surface area contributed by atoms with E-state index in [-0.39, 0.29) is 6.04 Å². The predicted octanol–water partition coefficient (Wildman–Crippen LogP) is 2.70. The molecule has 1 aliphatic rings. The fourth-order valence-corrected chi connectivity index (χ4v) is 2.43. The van der Waals surface area contributed by atoms with Crippen LogP contribution < -0.4 is 10.4 Å². The lowest BCUT2D eigenvalue weighted by Gasteiger charge is -2.17. The maximum atomic E-state index is 10.8. The first kappa shape index (κ1) is 13.6. The maximum Gasteiger partial charge on any atom is 0.134 e. The van der Waals surface area contributed by atoms with Crippen LogP contribution in [-0.2, 0) is 0 Å². The Kier molecular flexibility index (Phi) is 4.22. The topological polar surface area (TPSA) is 52.2 Å². The molecule has 0 unspecified atom stereocenters. The van der Waals surface area contributed by atoms with E-state index in [0.717, 1.165) is 22.3 Å². The average Bonchev–Trinajstić information content (AvgIpc) is 2.76. The summed E-state index contributed by atoms with van der Waals surface area (Å²) in [5, 5.41) is 13.2. The predicted molar refractivity (Wildman–Crippen MR) is 77.1 cm³/mol. The van der Waals surface area contributed by atoms with Gasteiger partial charge in [0.05, 0.1) is 6.04 Å². The Labute approximate surface area is 120 Å². The molecule has 0 aliphatic heterocycles. The molecule has 0 fully saturated rings. The average molecular weight is 319 g/mol. The summed E-state index contributed by atoms with van der Waals surface area (Å²) in [6.45, 7) is 0. The number of carbonyl (C=O) groups excluding carboxylic acids is 1. The van der Waals surface area contributed by atoms with E-state index < -0.39 is 6.09 Å². The number of rotatable bonds is 1. The zero-order chi connectivity index (χ0) is 13.8. The van der Waals surface area contributed by atoms with Crippen molar-refractivity contribution in [3.63, 3.8) is 0 Å². The van der Waals surface area contributed by atoms with E-state index in [1.54, 1.807) is 0 Å². The van der Waals surface area contributed by atoms with Gasteiger partial charge in [0, 0.05) is 0 Å². The number of alkyl halides is 1. The molecule has 0 heterocycles. The summed E-state index contributed by atoms with van der Waals surface area (Å²) in [4.78, 5) is 10.8. The van der Waals surface area contributed by atoms with Gasteiger partial charge in [0.25, 0.3) is 0 Å². The molecule has 0 aromatic heterocycles. The molecule has 98 valence electrons. The molecule has 3 rings (SSSR count). The first-order chi connectivity index (χ1) is 9.27. The van der Waals surface area contributed by atoms with Gasteiger partial charge in [-0.05, 0) is 28.1 Å². The van der Waals surface area contributed by atoms with Crippen LogP contribution in [0.15, 0.2) is 48.5 Å². The van der Waals surface area contributed by atoms with Crippen molar-refractivity contribution < 1.29 is 9.90 Å². The highest BCUT2D eigenvalue weighted by molar-refractivity contribution is 9.08. The minimum absolute atomic E-state index is 0.313. The fraction of sp³-hybridized carbons (Fsp3) is 0.133. The summed E-state index contributed by atoms with van der Waals surface area (Å²) in [6.07, 6.45) is -1.25. The number of hydrogen-bond acceptors (Lipinski definition) is 2. The molecule has 2 aromatic carbocycles. The molecule has 1 aliphatic carbocycles. The molecule has 1 N–H and O–H groups in total. The van der Waals surface area contributed by atoms with Crippen LogP contribution in [0.5, 0.6) is 0 Å². The zero-order valence-corrected chi connectivity index (χ0v) is 12.0. The number of hydrogen-bond donors (Lipinski definition) is 1. The second-order valence-corrected chi connectivity index (χ2v) is 4.04. The van der Waals surface area contributed by atoms with Crippen molar-refractivity contribution >= 4 is 22.0 Å². The first-order valence-corrected chi connectivity index (χ1v) is 7.39. The third-order valence-electron chi connectivity index (χ3n) is 3.10. The van der Waals surface area contributed by atoms with Crippen LogP contribution in [0.3, 0.4) is 0 Å². The number of amides is 1. The number of nitrogens with one attached hydrogen (secondary N) is 1. The summed E-state index contributed by atoms with van der Waals surface area (Å²) in [5.41, 5.74) is 4.14. The second-order valence-electron chi connectivity index (χ2n) is 4.04. The van der Waals surface area contributed by atoms with Gasteiger partial charge in [-0.25, -0.2) is 0 Å². The molecule has 3 nitrogen and oxygen atoms in total. The normalized spacial score (nSPS) is 11.9. The Hall–Kier alpha value is -1.81. The molecule has 0 spiro atoms. The number of carboxylic acid groups (broad SMARTS) is 1. The van der Waals surface area contributed by atoms with Crippen LogP contribution >= 0.6 is 15.9 Å². The van der Waals surface area contributed by atoms with Crippen LogP contribution in [0.1, 0.15) is 17.2 Å². The summed E-state index contributed by atoms with van der Waals surface area (Å²) >= 11 is 2.94. The Morgan fingerprint density at radius 2 is 1.42 bits per heavy atom. The smallest absolute Gasteiger partial charge is 0.134 e. The summed E-state index contributed by atoms with van der Waals surface area (Å²) in [5.74, 6) is 1.81. The van der Waals surface area contributed by atoms with Gasteiger partial charge in [0.2, 0.25) is 0 Å². The van der Waals surface area contributed by atoms with Gasteiger partial charge in [0.1, 0.15) is 6.09 Å². The quantitative estimate of drug-likeness (QED) is 0.822. The van der Waals surface area contributed by atoms with E-state index in [4.69, 9.17) is 0 Å². The van der Waals surface area contributed by atoms with Crippen LogP contribution in [0, 0.1) is 0 Å². The SMILES string of the molecule is CBr.O=C([O-])NC1c2ccccc2-c2ccccc21. The van der Waals surface area contributed by atoms with Gasteiger partial charge in [-0.3, -0.25) is 0 Å². The minimum Gasteiger partial charge on any atom is -0.530 e. The van der Waals surface area contributed by atoms with Crippen molar-refractivity contribution in [2.75, 3.05) is 5.83 Å². The summed E-state index contributed by atoms with van der Waals surface area (Å²) in [6, 6.07) is 15.3. The monoisotopic (exact) mass is 318 g/mol. The fourth-order valence-electron chi connectivity index (χ4n) is 2.43. The van der Waals surface area contributed by atoms with E-state index in [2.05, 4.69) is 21.2 Å². The molecule has 1 amide bonds. The first-order valence-electron chi connectivity index (χ1n) is 5.81. The van der Waals surface area contributed by atoms with Crippen molar-refractivity contribution in [3.8, 4) is 11.1 Å².